The van der Waals surface area contributed by atoms with Crippen LogP contribution in [-0.4, -0.2) is 52.2 Å². The van der Waals surface area contributed by atoms with Gasteiger partial charge in [-0.25, -0.2) is 9.37 Å². The van der Waals surface area contributed by atoms with E-state index in [0.717, 1.165) is 66.5 Å². The van der Waals surface area contributed by atoms with Gasteiger partial charge < -0.3 is 19.5 Å². The Bertz CT molecular complexity index is 2050. The quantitative estimate of drug-likeness (QED) is 0.187. The van der Waals surface area contributed by atoms with Crippen LogP contribution in [0.25, 0.3) is 32.9 Å². The van der Waals surface area contributed by atoms with Crippen LogP contribution < -0.4 is 5.32 Å². The number of nitrogens with one attached hydrogen (secondary N) is 1. The highest BCUT2D eigenvalue weighted by molar-refractivity contribution is 6.43. The average molecular weight is 715 g/mol. The van der Waals surface area contributed by atoms with Gasteiger partial charge in [-0.05, 0) is 81.0 Å². The number of nitriles is 1. The molecule has 10 rings (SSSR count). The highest BCUT2D eigenvalue weighted by Crippen LogP contribution is 2.51. The maximum Gasteiger partial charge on any atom is 0.226 e. The third-order valence-electron chi connectivity index (χ3n) is 12.3. The fourth-order valence-electron chi connectivity index (χ4n) is 9.55. The number of carbonyl (C=O) groups excluding carboxylic acids is 1. The molecule has 1 amide bonds. The van der Waals surface area contributed by atoms with E-state index in [1.165, 1.54) is 25.7 Å². The van der Waals surface area contributed by atoms with Gasteiger partial charge in [-0.1, -0.05) is 48.2 Å². The molecule has 50 heavy (non-hydrogen) atoms. The monoisotopic (exact) mass is 713 g/mol. The predicted octanol–water partition coefficient (Wildman–Crippen LogP) is 8.86. The number of rotatable bonds is 9. The molecule has 5 atom stereocenters. The fourth-order valence-corrected chi connectivity index (χ4v) is 9.95. The van der Waals surface area contributed by atoms with E-state index in [1.54, 1.807) is 18.2 Å². The number of hydrogen-bond donors (Lipinski definition) is 1. The van der Waals surface area contributed by atoms with Crippen LogP contribution in [0, 0.1) is 41.8 Å². The molecule has 3 saturated heterocycles. The van der Waals surface area contributed by atoms with Crippen molar-refractivity contribution in [2.45, 2.75) is 95.4 Å². The zero-order chi connectivity index (χ0) is 34.3. The highest BCUT2D eigenvalue weighted by Gasteiger charge is 2.51. The second-order valence-corrected chi connectivity index (χ2v) is 16.2. The van der Waals surface area contributed by atoms with E-state index in [9.17, 15) is 10.1 Å². The van der Waals surface area contributed by atoms with Crippen LogP contribution in [0.1, 0.15) is 86.8 Å². The standard InChI is InChI=1S/C40H42Cl2FN5O2/c1-21-28-17-33(32-16-26(50-20-22-6-2-3-7-22)19-47(32)40(49)23-11-12-23)48(38-25-15-31(38)45-18-25)39(28)29-14-24(8-5-13-44)34(36(43)37(29)46-21)27-9-4-10-30(41)35(27)42/h4,9-10,14,17,22-23,25-26,31-32,38,45H,2-3,5-8,11-12,15-16,18-20H2,1H3/t25-,26+,31-,32-,38+/m1/s1. The van der Waals surface area contributed by atoms with Gasteiger partial charge in [0.15, 0.2) is 5.82 Å². The number of hydrogen-bond acceptors (Lipinski definition) is 5. The smallest absolute Gasteiger partial charge is 0.226 e. The van der Waals surface area contributed by atoms with Gasteiger partial charge in [0.2, 0.25) is 5.91 Å². The zero-order valence-electron chi connectivity index (χ0n) is 28.4. The third-order valence-corrected chi connectivity index (χ3v) is 13.1. The number of halogens is 3. The van der Waals surface area contributed by atoms with Crippen molar-refractivity contribution in [1.29, 1.82) is 5.26 Å². The first kappa shape index (κ1) is 32.7. The number of fused-ring (bicyclic) bond motifs is 4. The third kappa shape index (κ3) is 5.34. The minimum Gasteiger partial charge on any atom is -0.376 e. The number of likely N-dealkylation sites (tertiary alicyclic amines) is 1. The lowest BCUT2D eigenvalue weighted by molar-refractivity contribution is -0.134. The molecule has 7 nitrogen and oxygen atoms in total. The first-order valence-corrected chi connectivity index (χ1v) is 19.2. The van der Waals surface area contributed by atoms with Gasteiger partial charge in [-0.2, -0.15) is 5.26 Å². The van der Waals surface area contributed by atoms with Gasteiger partial charge in [-0.15, -0.1) is 0 Å². The van der Waals surface area contributed by atoms with E-state index in [0.29, 0.717) is 52.6 Å². The number of benzene rings is 2. The summed E-state index contributed by atoms with van der Waals surface area (Å²) in [5.74, 6) is 0.944. The van der Waals surface area contributed by atoms with Crippen LogP contribution in [0.4, 0.5) is 4.39 Å². The molecule has 3 aliphatic heterocycles. The second-order valence-electron chi connectivity index (χ2n) is 15.4. The summed E-state index contributed by atoms with van der Waals surface area (Å²) in [5, 5.41) is 15.6. The summed E-state index contributed by atoms with van der Waals surface area (Å²) in [6, 6.07) is 12.1. The Morgan fingerprint density at radius 3 is 2.68 bits per heavy atom. The number of nitrogens with zero attached hydrogens (tertiary/aromatic N) is 4. The summed E-state index contributed by atoms with van der Waals surface area (Å²) in [6.45, 7) is 4.27. The van der Waals surface area contributed by atoms with Crippen molar-refractivity contribution in [3.63, 3.8) is 0 Å². The molecule has 2 aromatic carbocycles. The first-order valence-electron chi connectivity index (χ1n) is 18.5. The minimum absolute atomic E-state index is 0.0120. The summed E-state index contributed by atoms with van der Waals surface area (Å²) < 4.78 is 26.2. The lowest BCUT2D eigenvalue weighted by Gasteiger charge is -2.39. The summed E-state index contributed by atoms with van der Waals surface area (Å²) in [6.07, 6.45) is 9.33. The lowest BCUT2D eigenvalue weighted by Crippen LogP contribution is -2.41. The van der Waals surface area contributed by atoms with E-state index < -0.39 is 5.82 Å². The van der Waals surface area contributed by atoms with Crippen LogP contribution in [0.2, 0.25) is 10.0 Å². The van der Waals surface area contributed by atoms with Crippen LogP contribution in [0.5, 0.6) is 0 Å². The second kappa shape index (κ2) is 12.8. The minimum atomic E-state index is -0.458. The van der Waals surface area contributed by atoms with E-state index in [-0.39, 0.29) is 47.0 Å². The van der Waals surface area contributed by atoms with Gasteiger partial charge >= 0.3 is 0 Å². The van der Waals surface area contributed by atoms with Crippen LogP contribution in [-0.2, 0) is 16.0 Å². The van der Waals surface area contributed by atoms with Crippen molar-refractivity contribution in [3.05, 3.63) is 63.1 Å². The molecule has 6 fully saturated rings. The maximum atomic E-state index is 17.2. The van der Waals surface area contributed by atoms with Crippen molar-refractivity contribution < 1.29 is 13.9 Å². The Morgan fingerprint density at radius 1 is 1.14 bits per heavy atom. The molecule has 5 heterocycles. The van der Waals surface area contributed by atoms with Gasteiger partial charge in [-0.3, -0.25) is 4.79 Å². The maximum absolute atomic E-state index is 17.2. The number of aromatic nitrogens is 2. The molecule has 1 N–H and O–H groups in total. The van der Waals surface area contributed by atoms with Crippen LogP contribution in [0.3, 0.4) is 0 Å². The van der Waals surface area contributed by atoms with E-state index >= 15 is 4.39 Å². The number of aryl methyl sites for hydroxylation is 2. The molecule has 2 aromatic heterocycles. The fraction of sp³-hybridized carbons (Fsp3) is 0.525. The summed E-state index contributed by atoms with van der Waals surface area (Å²) in [7, 11) is 0. The molecule has 4 aromatic rings. The number of pyridine rings is 1. The van der Waals surface area contributed by atoms with Crippen molar-refractivity contribution in [1.82, 2.24) is 19.8 Å². The largest absolute Gasteiger partial charge is 0.376 e. The Hall–Kier alpha value is -3.22. The Labute approximate surface area is 302 Å². The normalized spacial score (nSPS) is 26.3. The van der Waals surface area contributed by atoms with Crippen LogP contribution in [0.15, 0.2) is 30.3 Å². The molecule has 3 aliphatic carbocycles. The molecule has 260 valence electrons. The molecular weight excluding hydrogens is 672 g/mol. The molecule has 0 radical (unpaired) electrons. The Morgan fingerprint density at radius 2 is 1.96 bits per heavy atom. The molecule has 0 spiro atoms. The number of carbonyl (C=O) groups is 1. The van der Waals surface area contributed by atoms with Crippen molar-refractivity contribution in [2.75, 3.05) is 19.7 Å². The van der Waals surface area contributed by atoms with Gasteiger partial charge in [0.1, 0.15) is 5.52 Å². The molecular formula is C40H42Cl2FN5O2. The number of amides is 1. The zero-order valence-corrected chi connectivity index (χ0v) is 29.9. The highest BCUT2D eigenvalue weighted by atomic mass is 35.5. The lowest BCUT2D eigenvalue weighted by atomic mass is 9.79. The van der Waals surface area contributed by atoms with E-state index in [1.807, 2.05) is 13.0 Å². The van der Waals surface area contributed by atoms with Gasteiger partial charge in [0.25, 0.3) is 0 Å². The van der Waals surface area contributed by atoms with E-state index in [2.05, 4.69) is 26.9 Å². The van der Waals surface area contributed by atoms with E-state index in [4.69, 9.17) is 32.9 Å². The summed E-state index contributed by atoms with van der Waals surface area (Å²) in [5.41, 5.74) is 4.61. The molecule has 0 unspecified atom stereocenters. The molecule has 10 heteroatoms. The molecule has 3 saturated carbocycles. The first-order chi connectivity index (χ1) is 24.3. The average Bonchev–Trinajstić information content (AvgIpc) is 3.62. The summed E-state index contributed by atoms with van der Waals surface area (Å²) in [4.78, 5) is 21.0. The van der Waals surface area contributed by atoms with Crippen LogP contribution >= 0.6 is 23.2 Å². The SMILES string of the molecule is Cc1nc2c(F)c(-c3cccc(Cl)c3Cl)c(CCC#N)cc2c2c1cc([C@H]1C[C@H](OCC3CCCC3)CN1C(=O)C1CC1)n2[C@H]1[C@H]2CN[C@@H]1C2. The Balaban J connectivity index is 1.24. The predicted molar refractivity (Wildman–Crippen MR) is 194 cm³/mol. The van der Waals surface area contributed by atoms with Crippen molar-refractivity contribution in [3.8, 4) is 17.2 Å². The summed E-state index contributed by atoms with van der Waals surface area (Å²) >= 11 is 13.1. The molecule has 2 bridgehead atoms. The molecule has 6 aliphatic rings. The van der Waals surface area contributed by atoms with Gasteiger partial charge in [0, 0.05) is 77.8 Å². The van der Waals surface area contributed by atoms with Crippen molar-refractivity contribution in [2.24, 2.45) is 17.8 Å². The number of ether oxygens (including phenoxy) is 1. The van der Waals surface area contributed by atoms with Gasteiger partial charge in [0.05, 0.1) is 39.8 Å². The van der Waals surface area contributed by atoms with Crippen molar-refractivity contribution >= 4 is 50.9 Å². The Kier molecular flexibility index (Phi) is 8.35. The topological polar surface area (TPSA) is 83.2 Å².